The van der Waals surface area contributed by atoms with Crippen LogP contribution in [0.25, 0.3) is 0 Å². The number of carboxylic acids is 1. The highest BCUT2D eigenvalue weighted by Crippen LogP contribution is 2.23. The first-order chi connectivity index (χ1) is 7.00. The molecule has 0 aromatic heterocycles. The summed E-state index contributed by atoms with van der Waals surface area (Å²) >= 11 is 2.92. The van der Waals surface area contributed by atoms with E-state index in [-0.39, 0.29) is 4.47 Å². The fraction of sp³-hybridized carbons (Fsp3) is 0. The van der Waals surface area contributed by atoms with Gasteiger partial charge in [-0.15, -0.1) is 0 Å². The molecular weight excluding hydrogens is 272 g/mol. The highest BCUT2D eigenvalue weighted by molar-refractivity contribution is 9.10. The van der Waals surface area contributed by atoms with Gasteiger partial charge in [0.2, 0.25) is 0 Å². The molecule has 0 atom stereocenters. The largest absolute Gasteiger partial charge is 0.478 e. The fourth-order valence-corrected chi connectivity index (χ4v) is 1.28. The van der Waals surface area contributed by atoms with Gasteiger partial charge in [-0.05, 0) is 12.1 Å². The molecule has 3 nitrogen and oxygen atoms in total. The molecule has 2 N–H and O–H groups in total. The zero-order valence-electron chi connectivity index (χ0n) is 7.30. The van der Waals surface area contributed by atoms with Crippen molar-refractivity contribution in [2.75, 3.05) is 5.32 Å². The van der Waals surface area contributed by atoms with Crippen molar-refractivity contribution in [2.24, 2.45) is 0 Å². The number of halogens is 3. The SMILES string of the molecule is O=C(O)/C=C/Nc1c(F)cc(Br)cc1F. The van der Waals surface area contributed by atoms with Crippen LogP contribution < -0.4 is 5.32 Å². The number of carboxylic acid groups (broad SMARTS) is 1. The lowest BCUT2D eigenvalue weighted by Crippen LogP contribution is -1.97. The van der Waals surface area contributed by atoms with Crippen LogP contribution in [0.2, 0.25) is 0 Å². The van der Waals surface area contributed by atoms with Crippen molar-refractivity contribution in [3.8, 4) is 0 Å². The van der Waals surface area contributed by atoms with Gasteiger partial charge in [-0.3, -0.25) is 0 Å². The maximum atomic E-state index is 13.1. The molecule has 0 aliphatic heterocycles. The maximum absolute atomic E-state index is 13.1. The Labute approximate surface area is 92.5 Å². The monoisotopic (exact) mass is 277 g/mol. The quantitative estimate of drug-likeness (QED) is 0.836. The number of aliphatic carboxylic acids is 1. The van der Waals surface area contributed by atoms with Gasteiger partial charge in [-0.25, -0.2) is 13.6 Å². The number of nitrogens with one attached hydrogen (secondary N) is 1. The Hall–Kier alpha value is -1.43. The second-order valence-electron chi connectivity index (χ2n) is 2.56. The lowest BCUT2D eigenvalue weighted by molar-refractivity contribution is -0.131. The fourth-order valence-electron chi connectivity index (χ4n) is 0.876. The molecule has 0 unspecified atom stereocenters. The van der Waals surface area contributed by atoms with Crippen molar-refractivity contribution in [2.45, 2.75) is 0 Å². The summed E-state index contributed by atoms with van der Waals surface area (Å²) in [4.78, 5) is 10.1. The molecule has 0 spiro atoms. The number of hydrogen-bond acceptors (Lipinski definition) is 2. The van der Waals surface area contributed by atoms with Crippen LogP contribution in [0.5, 0.6) is 0 Å². The molecule has 0 bridgehead atoms. The Morgan fingerprint density at radius 3 is 2.40 bits per heavy atom. The van der Waals surface area contributed by atoms with Crippen LogP contribution in [-0.4, -0.2) is 11.1 Å². The Morgan fingerprint density at radius 1 is 1.40 bits per heavy atom. The lowest BCUT2D eigenvalue weighted by atomic mass is 10.3. The van der Waals surface area contributed by atoms with Crippen LogP contribution >= 0.6 is 15.9 Å². The third-order valence-electron chi connectivity index (χ3n) is 1.46. The van der Waals surface area contributed by atoms with Gasteiger partial charge in [0.15, 0.2) is 11.6 Å². The molecule has 0 heterocycles. The van der Waals surface area contributed by atoms with Gasteiger partial charge in [0, 0.05) is 16.7 Å². The first kappa shape index (κ1) is 11.6. The van der Waals surface area contributed by atoms with E-state index in [0.29, 0.717) is 0 Å². The first-order valence-electron chi connectivity index (χ1n) is 3.81. The molecule has 1 aromatic rings. The predicted octanol–water partition coefficient (Wildman–Crippen LogP) is 2.74. The number of benzene rings is 1. The van der Waals surface area contributed by atoms with Crippen molar-refractivity contribution in [1.82, 2.24) is 0 Å². The van der Waals surface area contributed by atoms with E-state index in [1.165, 1.54) is 0 Å². The Balaban J connectivity index is 2.90. The Kier molecular flexibility index (Phi) is 3.79. The average molecular weight is 278 g/mol. The second kappa shape index (κ2) is 4.88. The van der Waals surface area contributed by atoms with Crippen molar-refractivity contribution >= 4 is 27.6 Å². The third-order valence-corrected chi connectivity index (χ3v) is 1.92. The molecular formula is C9H6BrF2NO2. The second-order valence-corrected chi connectivity index (χ2v) is 3.48. The zero-order valence-corrected chi connectivity index (χ0v) is 8.88. The molecule has 0 amide bonds. The molecule has 15 heavy (non-hydrogen) atoms. The summed E-state index contributed by atoms with van der Waals surface area (Å²) in [5.41, 5.74) is -0.393. The van der Waals surface area contributed by atoms with Crippen molar-refractivity contribution in [3.63, 3.8) is 0 Å². The van der Waals surface area contributed by atoms with Crippen LogP contribution in [0.1, 0.15) is 0 Å². The molecule has 80 valence electrons. The predicted molar refractivity (Wildman–Crippen MR) is 54.5 cm³/mol. The van der Waals surface area contributed by atoms with Gasteiger partial charge in [0.1, 0.15) is 5.69 Å². The topological polar surface area (TPSA) is 49.3 Å². The molecule has 0 aliphatic rings. The van der Waals surface area contributed by atoms with Crippen LogP contribution in [-0.2, 0) is 4.79 Å². The Bertz CT molecular complexity index is 398. The van der Waals surface area contributed by atoms with Crippen LogP contribution in [0.15, 0.2) is 28.9 Å². The molecule has 0 radical (unpaired) electrons. The molecule has 1 aromatic carbocycles. The van der Waals surface area contributed by atoms with Crippen LogP contribution in [0, 0.1) is 11.6 Å². The molecule has 0 saturated carbocycles. The van der Waals surface area contributed by atoms with E-state index in [0.717, 1.165) is 24.4 Å². The average Bonchev–Trinajstić information content (AvgIpc) is 2.08. The maximum Gasteiger partial charge on any atom is 0.329 e. The van der Waals surface area contributed by atoms with Gasteiger partial charge in [0.25, 0.3) is 0 Å². The summed E-state index contributed by atoms with van der Waals surface area (Å²) in [7, 11) is 0. The highest BCUT2D eigenvalue weighted by atomic mass is 79.9. The first-order valence-corrected chi connectivity index (χ1v) is 4.60. The smallest absolute Gasteiger partial charge is 0.329 e. The third kappa shape index (κ3) is 3.32. The highest BCUT2D eigenvalue weighted by Gasteiger charge is 2.08. The van der Waals surface area contributed by atoms with Crippen LogP contribution in [0.4, 0.5) is 14.5 Å². The normalized spacial score (nSPS) is 10.6. The molecule has 0 fully saturated rings. The van der Waals surface area contributed by atoms with E-state index in [2.05, 4.69) is 21.2 Å². The number of rotatable bonds is 3. The summed E-state index contributed by atoms with van der Waals surface area (Å²) in [5, 5.41) is 10.5. The molecule has 0 aliphatic carbocycles. The number of carbonyl (C=O) groups is 1. The molecule has 1 rings (SSSR count). The summed E-state index contributed by atoms with van der Waals surface area (Å²) in [6, 6.07) is 2.14. The number of hydrogen-bond donors (Lipinski definition) is 2. The van der Waals surface area contributed by atoms with Gasteiger partial charge in [-0.1, -0.05) is 15.9 Å². The van der Waals surface area contributed by atoms with Gasteiger partial charge >= 0.3 is 5.97 Å². The minimum absolute atomic E-state index is 0.269. The van der Waals surface area contributed by atoms with Crippen molar-refractivity contribution in [1.29, 1.82) is 0 Å². The summed E-state index contributed by atoms with van der Waals surface area (Å²) < 4.78 is 26.5. The molecule has 0 saturated heterocycles. The van der Waals surface area contributed by atoms with E-state index >= 15 is 0 Å². The minimum atomic E-state index is -1.21. The lowest BCUT2D eigenvalue weighted by Gasteiger charge is -2.04. The van der Waals surface area contributed by atoms with E-state index in [9.17, 15) is 13.6 Å². The van der Waals surface area contributed by atoms with E-state index in [1.54, 1.807) is 0 Å². The van der Waals surface area contributed by atoms with Gasteiger partial charge in [-0.2, -0.15) is 0 Å². The van der Waals surface area contributed by atoms with Gasteiger partial charge < -0.3 is 10.4 Å². The zero-order chi connectivity index (χ0) is 11.4. The van der Waals surface area contributed by atoms with Crippen LogP contribution in [0.3, 0.4) is 0 Å². The summed E-state index contributed by atoms with van der Waals surface area (Å²) in [5.74, 6) is -2.82. The Morgan fingerprint density at radius 2 is 1.93 bits per heavy atom. The van der Waals surface area contributed by atoms with E-state index < -0.39 is 23.3 Å². The van der Waals surface area contributed by atoms with E-state index in [1.807, 2.05) is 0 Å². The van der Waals surface area contributed by atoms with Gasteiger partial charge in [0.05, 0.1) is 0 Å². The minimum Gasteiger partial charge on any atom is -0.478 e. The summed E-state index contributed by atoms with van der Waals surface area (Å²) in [6.45, 7) is 0. The van der Waals surface area contributed by atoms with Crippen molar-refractivity contribution < 1.29 is 18.7 Å². The van der Waals surface area contributed by atoms with E-state index in [4.69, 9.17) is 5.11 Å². The van der Waals surface area contributed by atoms with Crippen molar-refractivity contribution in [3.05, 3.63) is 40.5 Å². The number of anilines is 1. The summed E-state index contributed by atoms with van der Waals surface area (Å²) in [6.07, 6.45) is 1.68. The standard InChI is InChI=1S/C9H6BrF2NO2/c10-5-3-6(11)9(7(12)4-5)13-2-1-8(14)15/h1-4,13H,(H,14,15)/b2-1+. The molecule has 6 heteroatoms.